The first kappa shape index (κ1) is 25.3. The highest BCUT2D eigenvalue weighted by molar-refractivity contribution is 6.01. The minimum absolute atomic E-state index is 0.0761. The standard InChI is InChI=1S/C30H28N4O3/c1-2-36-29-19-23(12-13-28(29)37-22-25-9-7-6-8-24(25)20-31)18-26(21-32)30(35)34-16-14-33(15-17-34)27-10-4-3-5-11-27/h3-13,18-19H,2,14-17,22H2,1H3/b26-18-. The van der Waals surface area contributed by atoms with Crippen molar-refractivity contribution >= 4 is 17.7 Å². The zero-order chi connectivity index (χ0) is 26.0. The molecule has 1 aliphatic rings. The molecule has 3 aromatic rings. The average molecular weight is 493 g/mol. The number of nitriles is 2. The molecule has 0 N–H and O–H groups in total. The van der Waals surface area contributed by atoms with Crippen molar-refractivity contribution in [3.05, 3.63) is 95.1 Å². The second-order valence-corrected chi connectivity index (χ2v) is 8.48. The Labute approximate surface area is 217 Å². The maximum absolute atomic E-state index is 13.1. The highest BCUT2D eigenvalue weighted by atomic mass is 16.5. The molecule has 1 saturated heterocycles. The van der Waals surface area contributed by atoms with Crippen LogP contribution in [0.5, 0.6) is 11.5 Å². The first-order valence-electron chi connectivity index (χ1n) is 12.2. The van der Waals surface area contributed by atoms with Crippen LogP contribution in [0.2, 0.25) is 0 Å². The van der Waals surface area contributed by atoms with E-state index in [0.29, 0.717) is 55.4 Å². The summed E-state index contributed by atoms with van der Waals surface area (Å²) in [6, 6.07) is 26.9. The van der Waals surface area contributed by atoms with Crippen molar-refractivity contribution in [3.63, 3.8) is 0 Å². The van der Waals surface area contributed by atoms with Crippen LogP contribution in [-0.4, -0.2) is 43.6 Å². The molecule has 0 aliphatic carbocycles. The van der Waals surface area contributed by atoms with Crippen LogP contribution >= 0.6 is 0 Å². The molecule has 186 valence electrons. The van der Waals surface area contributed by atoms with Gasteiger partial charge in [0.1, 0.15) is 18.2 Å². The molecule has 0 radical (unpaired) electrons. The molecule has 0 atom stereocenters. The fourth-order valence-corrected chi connectivity index (χ4v) is 4.20. The Morgan fingerprint density at radius 3 is 2.35 bits per heavy atom. The molecule has 4 rings (SSSR count). The summed E-state index contributed by atoms with van der Waals surface area (Å²) < 4.78 is 11.7. The molecule has 1 aliphatic heterocycles. The summed E-state index contributed by atoms with van der Waals surface area (Å²) in [6.07, 6.45) is 1.59. The zero-order valence-corrected chi connectivity index (χ0v) is 20.8. The van der Waals surface area contributed by atoms with Gasteiger partial charge in [-0.1, -0.05) is 42.5 Å². The number of benzene rings is 3. The topological polar surface area (TPSA) is 89.6 Å². The summed E-state index contributed by atoms with van der Waals surface area (Å²) in [5.41, 5.74) is 3.21. The second-order valence-electron chi connectivity index (χ2n) is 8.48. The van der Waals surface area contributed by atoms with Crippen molar-refractivity contribution < 1.29 is 14.3 Å². The molecule has 1 amide bonds. The Hall–Kier alpha value is -4.75. The van der Waals surface area contributed by atoms with Crippen LogP contribution in [0.4, 0.5) is 5.69 Å². The van der Waals surface area contributed by atoms with Crippen molar-refractivity contribution in [2.45, 2.75) is 13.5 Å². The molecular formula is C30H28N4O3. The van der Waals surface area contributed by atoms with Gasteiger partial charge in [-0.3, -0.25) is 4.79 Å². The number of carbonyl (C=O) groups is 1. The van der Waals surface area contributed by atoms with Crippen LogP contribution in [-0.2, 0) is 11.4 Å². The normalized spacial score (nSPS) is 13.4. The summed E-state index contributed by atoms with van der Waals surface area (Å²) in [5.74, 6) is 0.752. The molecule has 3 aromatic carbocycles. The Kier molecular flexibility index (Phi) is 8.41. The third kappa shape index (κ3) is 6.28. The molecule has 0 aromatic heterocycles. The van der Waals surface area contributed by atoms with Crippen LogP contribution < -0.4 is 14.4 Å². The number of anilines is 1. The highest BCUT2D eigenvalue weighted by Crippen LogP contribution is 2.30. The number of hydrogen-bond acceptors (Lipinski definition) is 6. The average Bonchev–Trinajstić information content (AvgIpc) is 2.96. The molecule has 0 unspecified atom stereocenters. The van der Waals surface area contributed by atoms with Crippen molar-refractivity contribution in [1.29, 1.82) is 10.5 Å². The minimum atomic E-state index is -0.276. The van der Waals surface area contributed by atoms with Crippen LogP contribution in [0.3, 0.4) is 0 Å². The van der Waals surface area contributed by atoms with Crippen molar-refractivity contribution in [3.8, 4) is 23.6 Å². The highest BCUT2D eigenvalue weighted by Gasteiger charge is 2.24. The lowest BCUT2D eigenvalue weighted by molar-refractivity contribution is -0.126. The number of para-hydroxylation sites is 1. The Balaban J connectivity index is 1.46. The number of hydrogen-bond donors (Lipinski definition) is 0. The molecule has 7 nitrogen and oxygen atoms in total. The molecule has 0 spiro atoms. The van der Waals surface area contributed by atoms with Gasteiger partial charge in [0, 0.05) is 37.4 Å². The maximum atomic E-state index is 13.1. The van der Waals surface area contributed by atoms with E-state index < -0.39 is 0 Å². The van der Waals surface area contributed by atoms with E-state index in [1.54, 1.807) is 35.2 Å². The molecule has 37 heavy (non-hydrogen) atoms. The second kappa shape index (κ2) is 12.3. The number of piperazine rings is 1. The van der Waals surface area contributed by atoms with Crippen molar-refractivity contribution in [1.82, 2.24) is 4.90 Å². The largest absolute Gasteiger partial charge is 0.490 e. The summed E-state index contributed by atoms with van der Waals surface area (Å²) >= 11 is 0. The van der Waals surface area contributed by atoms with E-state index in [1.807, 2.05) is 43.3 Å². The van der Waals surface area contributed by atoms with Crippen LogP contribution in [0.15, 0.2) is 78.4 Å². The van der Waals surface area contributed by atoms with Gasteiger partial charge < -0.3 is 19.3 Å². The van der Waals surface area contributed by atoms with Gasteiger partial charge in [0.15, 0.2) is 11.5 Å². The quantitative estimate of drug-likeness (QED) is 0.332. The third-order valence-corrected chi connectivity index (χ3v) is 6.14. The fraction of sp³-hybridized carbons (Fsp3) is 0.233. The first-order valence-corrected chi connectivity index (χ1v) is 12.2. The summed E-state index contributed by atoms with van der Waals surface area (Å²) in [7, 11) is 0. The van der Waals surface area contributed by atoms with Gasteiger partial charge in [0.25, 0.3) is 5.91 Å². The van der Waals surface area contributed by atoms with E-state index in [0.717, 1.165) is 11.3 Å². The lowest BCUT2D eigenvalue weighted by atomic mass is 10.1. The summed E-state index contributed by atoms with van der Waals surface area (Å²) in [4.78, 5) is 17.1. The van der Waals surface area contributed by atoms with Gasteiger partial charge in [0.2, 0.25) is 0 Å². The molecule has 1 fully saturated rings. The molecule has 7 heteroatoms. The van der Waals surface area contributed by atoms with E-state index in [2.05, 4.69) is 29.2 Å². The zero-order valence-electron chi connectivity index (χ0n) is 20.8. The van der Waals surface area contributed by atoms with Gasteiger partial charge in [-0.25, -0.2) is 0 Å². The number of amides is 1. The van der Waals surface area contributed by atoms with Gasteiger partial charge in [-0.2, -0.15) is 10.5 Å². The molecule has 0 saturated carbocycles. The summed E-state index contributed by atoms with van der Waals surface area (Å²) in [5, 5.41) is 19.1. The van der Waals surface area contributed by atoms with Crippen molar-refractivity contribution in [2.24, 2.45) is 0 Å². The lowest BCUT2D eigenvalue weighted by Gasteiger charge is -2.36. The molecular weight excluding hydrogens is 464 g/mol. The van der Waals surface area contributed by atoms with Gasteiger partial charge in [-0.15, -0.1) is 0 Å². The smallest absolute Gasteiger partial charge is 0.264 e. The van der Waals surface area contributed by atoms with Gasteiger partial charge in [0.05, 0.1) is 18.2 Å². The molecule has 0 bridgehead atoms. The van der Waals surface area contributed by atoms with E-state index >= 15 is 0 Å². The Morgan fingerprint density at radius 2 is 1.65 bits per heavy atom. The first-order chi connectivity index (χ1) is 18.1. The Bertz CT molecular complexity index is 1350. The SMILES string of the molecule is CCOc1cc(/C=C(/C#N)C(=O)N2CCN(c3ccccc3)CC2)ccc1OCc1ccccc1C#N. The molecule has 1 heterocycles. The number of ether oxygens (including phenoxy) is 2. The van der Waals surface area contributed by atoms with E-state index in [1.165, 1.54) is 0 Å². The summed E-state index contributed by atoms with van der Waals surface area (Å²) in [6.45, 7) is 5.04. The Morgan fingerprint density at radius 1 is 0.919 bits per heavy atom. The fourth-order valence-electron chi connectivity index (χ4n) is 4.20. The van der Waals surface area contributed by atoms with Crippen LogP contribution in [0.1, 0.15) is 23.6 Å². The number of carbonyl (C=O) groups excluding carboxylic acids is 1. The van der Waals surface area contributed by atoms with E-state index in [9.17, 15) is 15.3 Å². The number of rotatable bonds is 8. The van der Waals surface area contributed by atoms with Crippen LogP contribution in [0, 0.1) is 22.7 Å². The van der Waals surface area contributed by atoms with Gasteiger partial charge >= 0.3 is 0 Å². The van der Waals surface area contributed by atoms with E-state index in [-0.39, 0.29) is 18.1 Å². The maximum Gasteiger partial charge on any atom is 0.264 e. The van der Waals surface area contributed by atoms with Crippen LogP contribution in [0.25, 0.3) is 6.08 Å². The lowest BCUT2D eigenvalue weighted by Crippen LogP contribution is -2.49. The van der Waals surface area contributed by atoms with Gasteiger partial charge in [-0.05, 0) is 48.9 Å². The van der Waals surface area contributed by atoms with Crippen molar-refractivity contribution in [2.75, 3.05) is 37.7 Å². The predicted molar refractivity (Wildman–Crippen MR) is 142 cm³/mol. The third-order valence-electron chi connectivity index (χ3n) is 6.14. The number of nitrogens with zero attached hydrogens (tertiary/aromatic N) is 4. The predicted octanol–water partition coefficient (Wildman–Crippen LogP) is 4.79. The monoisotopic (exact) mass is 492 g/mol. The van der Waals surface area contributed by atoms with E-state index in [4.69, 9.17) is 9.47 Å². The minimum Gasteiger partial charge on any atom is -0.490 e.